The van der Waals surface area contributed by atoms with Crippen molar-refractivity contribution < 1.29 is 4.52 Å². The van der Waals surface area contributed by atoms with Crippen molar-refractivity contribution in [3.05, 3.63) is 45.6 Å². The third-order valence-electron chi connectivity index (χ3n) is 3.89. The maximum Gasteiger partial charge on any atom is 0.258 e. The Labute approximate surface area is 126 Å². The summed E-state index contributed by atoms with van der Waals surface area (Å²) >= 11 is 1.66. The highest BCUT2D eigenvalue weighted by Crippen LogP contribution is 2.30. The molecule has 1 aliphatic rings. The van der Waals surface area contributed by atoms with Crippen LogP contribution in [-0.4, -0.2) is 16.7 Å². The summed E-state index contributed by atoms with van der Waals surface area (Å²) in [5.41, 5.74) is 5.97. The number of nitrogens with one attached hydrogen (secondary N) is 1. The molecule has 0 spiro atoms. The third-order valence-corrected chi connectivity index (χ3v) is 4.75. The molecular formula is C16H15N3OS. The van der Waals surface area contributed by atoms with Gasteiger partial charge in [-0.05, 0) is 48.0 Å². The number of benzene rings is 1. The first kappa shape index (κ1) is 12.7. The van der Waals surface area contributed by atoms with Crippen LogP contribution in [0.5, 0.6) is 0 Å². The van der Waals surface area contributed by atoms with Gasteiger partial charge in [-0.3, -0.25) is 0 Å². The summed E-state index contributed by atoms with van der Waals surface area (Å²) in [5, 5.41) is 11.7. The molecule has 4 nitrogen and oxygen atoms in total. The zero-order chi connectivity index (χ0) is 14.2. The van der Waals surface area contributed by atoms with Crippen LogP contribution in [0.1, 0.15) is 16.7 Å². The predicted molar refractivity (Wildman–Crippen MR) is 83.2 cm³/mol. The zero-order valence-electron chi connectivity index (χ0n) is 11.7. The van der Waals surface area contributed by atoms with Crippen LogP contribution in [0.15, 0.2) is 33.5 Å². The Kier molecular flexibility index (Phi) is 3.09. The second-order valence-electron chi connectivity index (χ2n) is 5.26. The molecule has 5 heteroatoms. The van der Waals surface area contributed by atoms with Gasteiger partial charge in [0.05, 0.1) is 0 Å². The van der Waals surface area contributed by atoms with Crippen LogP contribution < -0.4 is 5.32 Å². The van der Waals surface area contributed by atoms with E-state index >= 15 is 0 Å². The van der Waals surface area contributed by atoms with E-state index in [0.717, 1.165) is 30.6 Å². The van der Waals surface area contributed by atoms with Crippen molar-refractivity contribution in [3.8, 4) is 22.8 Å². The van der Waals surface area contributed by atoms with Crippen molar-refractivity contribution in [2.24, 2.45) is 0 Å². The normalized spacial score (nSPS) is 14.1. The molecule has 106 valence electrons. The molecule has 0 aliphatic carbocycles. The van der Waals surface area contributed by atoms with Crippen molar-refractivity contribution in [1.82, 2.24) is 15.5 Å². The number of thiophene rings is 1. The Hall–Kier alpha value is -1.98. The molecular weight excluding hydrogens is 282 g/mol. The molecule has 0 radical (unpaired) electrons. The van der Waals surface area contributed by atoms with Crippen LogP contribution in [0.4, 0.5) is 0 Å². The second kappa shape index (κ2) is 5.09. The lowest BCUT2D eigenvalue weighted by molar-refractivity contribution is 0.431. The second-order valence-corrected chi connectivity index (χ2v) is 6.01. The zero-order valence-corrected chi connectivity index (χ0v) is 12.5. The van der Waals surface area contributed by atoms with Crippen molar-refractivity contribution in [2.45, 2.75) is 19.9 Å². The number of rotatable bonds is 2. The van der Waals surface area contributed by atoms with Crippen molar-refractivity contribution in [3.63, 3.8) is 0 Å². The Morgan fingerprint density at radius 3 is 3.05 bits per heavy atom. The molecule has 3 aromatic rings. The topological polar surface area (TPSA) is 51.0 Å². The highest BCUT2D eigenvalue weighted by Gasteiger charge is 2.19. The summed E-state index contributed by atoms with van der Waals surface area (Å²) in [7, 11) is 0. The van der Waals surface area contributed by atoms with Gasteiger partial charge in [0.15, 0.2) is 0 Å². The molecule has 3 heterocycles. The van der Waals surface area contributed by atoms with Crippen LogP contribution in [0.3, 0.4) is 0 Å². The molecule has 0 fully saturated rings. The summed E-state index contributed by atoms with van der Waals surface area (Å²) in [4.78, 5) is 4.60. The lowest BCUT2D eigenvalue weighted by Crippen LogP contribution is -2.24. The fourth-order valence-electron chi connectivity index (χ4n) is 2.76. The van der Waals surface area contributed by atoms with Crippen molar-refractivity contribution in [2.75, 3.05) is 6.54 Å². The summed E-state index contributed by atoms with van der Waals surface area (Å²) in [6, 6.07) is 6.29. The summed E-state index contributed by atoms with van der Waals surface area (Å²) in [6.45, 7) is 3.97. The first-order chi connectivity index (χ1) is 10.3. The highest BCUT2D eigenvalue weighted by molar-refractivity contribution is 7.08. The monoisotopic (exact) mass is 297 g/mol. The van der Waals surface area contributed by atoms with Gasteiger partial charge in [-0.1, -0.05) is 17.3 Å². The van der Waals surface area contributed by atoms with E-state index in [1.165, 1.54) is 16.7 Å². The standard InChI is InChI=1S/C16H15N3OS/c1-10-8-21-9-14(10)15-18-16(20-19-15)13-4-2-3-11-7-17-6-5-12(11)13/h2-4,8-9,17H,5-7H2,1H3. The summed E-state index contributed by atoms with van der Waals surface area (Å²) in [6.07, 6.45) is 1.00. The molecule has 0 amide bonds. The number of nitrogens with zero attached hydrogens (tertiary/aromatic N) is 2. The summed E-state index contributed by atoms with van der Waals surface area (Å²) in [5.74, 6) is 1.30. The van der Waals surface area contributed by atoms with Crippen molar-refractivity contribution >= 4 is 11.3 Å². The van der Waals surface area contributed by atoms with E-state index in [-0.39, 0.29) is 0 Å². The van der Waals surface area contributed by atoms with Gasteiger partial charge >= 0.3 is 0 Å². The molecule has 0 atom stereocenters. The Morgan fingerprint density at radius 1 is 1.24 bits per heavy atom. The number of aromatic nitrogens is 2. The SMILES string of the molecule is Cc1cscc1-c1noc(-c2cccc3c2CCNC3)n1. The van der Waals surface area contributed by atoms with Crippen molar-refractivity contribution in [1.29, 1.82) is 0 Å². The Bertz CT molecular complexity index is 790. The fraction of sp³-hybridized carbons (Fsp3) is 0.250. The minimum atomic E-state index is 0.620. The smallest absolute Gasteiger partial charge is 0.258 e. The number of hydrogen-bond acceptors (Lipinski definition) is 5. The van der Waals surface area contributed by atoms with Gasteiger partial charge in [-0.2, -0.15) is 16.3 Å². The van der Waals surface area contributed by atoms with Gasteiger partial charge in [0, 0.05) is 23.1 Å². The lowest BCUT2D eigenvalue weighted by atomic mass is 9.95. The van der Waals surface area contributed by atoms with E-state index < -0.39 is 0 Å². The molecule has 1 aliphatic heterocycles. The van der Waals surface area contributed by atoms with Gasteiger partial charge < -0.3 is 9.84 Å². The highest BCUT2D eigenvalue weighted by atomic mass is 32.1. The van der Waals surface area contributed by atoms with Gasteiger partial charge in [-0.15, -0.1) is 0 Å². The maximum absolute atomic E-state index is 5.52. The van der Waals surface area contributed by atoms with Crippen LogP contribution in [0, 0.1) is 6.92 Å². The van der Waals surface area contributed by atoms with Gasteiger partial charge in [0.1, 0.15) is 0 Å². The fourth-order valence-corrected chi connectivity index (χ4v) is 3.59. The lowest BCUT2D eigenvalue weighted by Gasteiger charge is -2.18. The molecule has 21 heavy (non-hydrogen) atoms. The number of fused-ring (bicyclic) bond motifs is 1. The van der Waals surface area contributed by atoms with E-state index in [4.69, 9.17) is 4.52 Å². The molecule has 0 unspecified atom stereocenters. The van der Waals surface area contributed by atoms with Gasteiger partial charge in [-0.25, -0.2) is 0 Å². The van der Waals surface area contributed by atoms with Crippen LogP contribution in [0.25, 0.3) is 22.8 Å². The predicted octanol–water partition coefficient (Wildman–Crippen LogP) is 3.42. The minimum Gasteiger partial charge on any atom is -0.334 e. The third kappa shape index (κ3) is 2.18. The van der Waals surface area contributed by atoms with E-state index in [1.54, 1.807) is 11.3 Å². The number of aryl methyl sites for hydroxylation is 1. The Morgan fingerprint density at radius 2 is 2.19 bits per heavy atom. The van der Waals surface area contributed by atoms with Gasteiger partial charge in [0.25, 0.3) is 5.89 Å². The van der Waals surface area contributed by atoms with Crippen LogP contribution >= 0.6 is 11.3 Å². The molecule has 4 rings (SSSR count). The molecule has 1 aromatic carbocycles. The molecule has 1 N–H and O–H groups in total. The summed E-state index contributed by atoms with van der Waals surface area (Å²) < 4.78 is 5.52. The average Bonchev–Trinajstić information content (AvgIpc) is 3.15. The molecule has 0 bridgehead atoms. The van der Waals surface area contributed by atoms with E-state index in [2.05, 4.69) is 51.3 Å². The maximum atomic E-state index is 5.52. The first-order valence-electron chi connectivity index (χ1n) is 7.01. The molecule has 0 saturated heterocycles. The van der Waals surface area contributed by atoms with Crippen LogP contribution in [-0.2, 0) is 13.0 Å². The molecule has 0 saturated carbocycles. The Balaban J connectivity index is 1.78. The average molecular weight is 297 g/mol. The van der Waals surface area contributed by atoms with Crippen LogP contribution in [0.2, 0.25) is 0 Å². The quantitative estimate of drug-likeness (QED) is 0.787. The minimum absolute atomic E-state index is 0.620. The van der Waals surface area contributed by atoms with Gasteiger partial charge in [0.2, 0.25) is 5.82 Å². The molecule has 2 aromatic heterocycles. The largest absolute Gasteiger partial charge is 0.334 e. The first-order valence-corrected chi connectivity index (χ1v) is 7.96. The van der Waals surface area contributed by atoms with E-state index in [1.807, 2.05) is 0 Å². The number of hydrogen-bond donors (Lipinski definition) is 1. The van der Waals surface area contributed by atoms with E-state index in [9.17, 15) is 0 Å². The van der Waals surface area contributed by atoms with E-state index in [0.29, 0.717) is 11.7 Å².